The van der Waals surface area contributed by atoms with E-state index in [9.17, 15) is 4.79 Å². The number of amides is 1. The third-order valence-electron chi connectivity index (χ3n) is 3.90. The van der Waals surface area contributed by atoms with Gasteiger partial charge in [-0.05, 0) is 44.9 Å². The van der Waals surface area contributed by atoms with E-state index < -0.39 is 5.91 Å². The molecule has 0 aromatic carbocycles. The molecule has 0 aliphatic carbocycles. The largest absolute Gasteiger partial charge is 0.366 e. The van der Waals surface area contributed by atoms with Crippen molar-refractivity contribution in [1.82, 2.24) is 10.3 Å². The molecule has 1 amide bonds. The maximum atomic E-state index is 11.4. The minimum Gasteiger partial charge on any atom is -0.366 e. The summed E-state index contributed by atoms with van der Waals surface area (Å²) in [7, 11) is 0. The van der Waals surface area contributed by atoms with Crippen molar-refractivity contribution in [1.29, 1.82) is 0 Å². The minimum absolute atomic E-state index is 0.394. The molecule has 5 nitrogen and oxygen atoms in total. The van der Waals surface area contributed by atoms with Gasteiger partial charge in [0.25, 0.3) is 0 Å². The number of nitrogens with zero attached hydrogens (tertiary/aromatic N) is 2. The molecule has 1 aliphatic heterocycles. The van der Waals surface area contributed by atoms with Gasteiger partial charge < -0.3 is 16.0 Å². The second kappa shape index (κ2) is 7.41. The standard InChI is InChI=1S/C16H26N4O/c1-3-8-20(11-14-6-4-5-7-18-14)15-10-13(16(17)21)9-12(2)19-15/h9-10,14,18H,3-8,11H2,1-2H3,(H2,17,21). The Morgan fingerprint density at radius 1 is 1.48 bits per heavy atom. The molecule has 2 heterocycles. The highest BCUT2D eigenvalue weighted by Crippen LogP contribution is 2.18. The van der Waals surface area contributed by atoms with Gasteiger partial charge in [0.15, 0.2) is 0 Å². The van der Waals surface area contributed by atoms with E-state index in [1.807, 2.05) is 13.0 Å². The molecule has 1 aromatic heterocycles. The van der Waals surface area contributed by atoms with Gasteiger partial charge in [-0.15, -0.1) is 0 Å². The predicted molar refractivity (Wildman–Crippen MR) is 85.6 cm³/mol. The number of anilines is 1. The van der Waals surface area contributed by atoms with Crippen LogP contribution in [0.4, 0.5) is 5.82 Å². The Kier molecular flexibility index (Phi) is 5.56. The van der Waals surface area contributed by atoms with E-state index in [0.717, 1.165) is 37.6 Å². The third-order valence-corrected chi connectivity index (χ3v) is 3.90. The summed E-state index contributed by atoms with van der Waals surface area (Å²) in [5, 5.41) is 3.57. The van der Waals surface area contributed by atoms with Crippen LogP contribution in [0.3, 0.4) is 0 Å². The second-order valence-corrected chi connectivity index (χ2v) is 5.81. The fourth-order valence-corrected chi connectivity index (χ4v) is 2.87. The summed E-state index contributed by atoms with van der Waals surface area (Å²) in [5.74, 6) is 0.465. The lowest BCUT2D eigenvalue weighted by molar-refractivity contribution is 0.1000. The lowest BCUT2D eigenvalue weighted by atomic mass is 10.0. The number of primary amides is 1. The SMILES string of the molecule is CCCN(CC1CCCCN1)c1cc(C(N)=O)cc(C)n1. The van der Waals surface area contributed by atoms with Gasteiger partial charge >= 0.3 is 0 Å². The molecule has 0 spiro atoms. The number of pyridine rings is 1. The van der Waals surface area contributed by atoms with Crippen molar-refractivity contribution in [2.45, 2.75) is 45.6 Å². The number of hydrogen-bond acceptors (Lipinski definition) is 4. The van der Waals surface area contributed by atoms with E-state index in [4.69, 9.17) is 5.73 Å². The van der Waals surface area contributed by atoms with Crippen LogP contribution in [0.2, 0.25) is 0 Å². The van der Waals surface area contributed by atoms with E-state index >= 15 is 0 Å². The highest BCUT2D eigenvalue weighted by atomic mass is 16.1. The number of carbonyl (C=O) groups excluding carboxylic acids is 1. The van der Waals surface area contributed by atoms with Crippen molar-refractivity contribution < 1.29 is 4.79 Å². The smallest absolute Gasteiger partial charge is 0.248 e. The van der Waals surface area contributed by atoms with Crippen molar-refractivity contribution in [3.05, 3.63) is 23.4 Å². The van der Waals surface area contributed by atoms with Gasteiger partial charge in [0.2, 0.25) is 5.91 Å². The number of nitrogens with two attached hydrogens (primary N) is 1. The van der Waals surface area contributed by atoms with Crippen LogP contribution in [-0.4, -0.2) is 36.6 Å². The quantitative estimate of drug-likeness (QED) is 0.838. The average Bonchev–Trinajstić information content (AvgIpc) is 2.47. The van der Waals surface area contributed by atoms with Crippen LogP contribution in [0.25, 0.3) is 0 Å². The normalized spacial score (nSPS) is 18.5. The summed E-state index contributed by atoms with van der Waals surface area (Å²) in [6, 6.07) is 4.06. The molecule has 1 aliphatic rings. The molecule has 2 rings (SSSR count). The van der Waals surface area contributed by atoms with Crippen LogP contribution >= 0.6 is 0 Å². The van der Waals surface area contributed by atoms with Crippen LogP contribution in [0.1, 0.15) is 48.7 Å². The molecule has 21 heavy (non-hydrogen) atoms. The first-order valence-electron chi connectivity index (χ1n) is 7.87. The molecule has 0 radical (unpaired) electrons. The van der Waals surface area contributed by atoms with Crippen molar-refractivity contribution in [2.75, 3.05) is 24.5 Å². The maximum absolute atomic E-state index is 11.4. The fourth-order valence-electron chi connectivity index (χ4n) is 2.87. The maximum Gasteiger partial charge on any atom is 0.248 e. The zero-order valence-corrected chi connectivity index (χ0v) is 13.1. The molecule has 116 valence electrons. The Hall–Kier alpha value is -1.62. The summed E-state index contributed by atoms with van der Waals surface area (Å²) >= 11 is 0. The molecule has 1 saturated heterocycles. The first-order chi connectivity index (χ1) is 10.1. The summed E-state index contributed by atoms with van der Waals surface area (Å²) in [4.78, 5) is 18.3. The second-order valence-electron chi connectivity index (χ2n) is 5.81. The van der Waals surface area contributed by atoms with Crippen molar-refractivity contribution in [3.63, 3.8) is 0 Å². The number of rotatable bonds is 6. The highest BCUT2D eigenvalue weighted by Gasteiger charge is 2.18. The molecule has 1 unspecified atom stereocenters. The minimum atomic E-state index is -0.394. The van der Waals surface area contributed by atoms with Gasteiger partial charge in [0.1, 0.15) is 5.82 Å². The molecule has 5 heteroatoms. The Balaban J connectivity index is 2.18. The summed E-state index contributed by atoms with van der Waals surface area (Å²) in [6.07, 6.45) is 4.80. The van der Waals surface area contributed by atoms with Crippen molar-refractivity contribution >= 4 is 11.7 Å². The number of aromatic nitrogens is 1. The molecular formula is C16H26N4O. The lowest BCUT2D eigenvalue weighted by Gasteiger charge is -2.31. The molecular weight excluding hydrogens is 264 g/mol. The van der Waals surface area contributed by atoms with Gasteiger partial charge in [-0.25, -0.2) is 4.98 Å². The van der Waals surface area contributed by atoms with E-state index in [1.165, 1.54) is 19.3 Å². The Morgan fingerprint density at radius 3 is 2.90 bits per heavy atom. The van der Waals surface area contributed by atoms with Gasteiger partial charge in [0, 0.05) is 30.4 Å². The average molecular weight is 290 g/mol. The van der Waals surface area contributed by atoms with Crippen LogP contribution < -0.4 is 16.0 Å². The number of piperidine rings is 1. The molecule has 1 atom stereocenters. The van der Waals surface area contributed by atoms with Gasteiger partial charge in [-0.2, -0.15) is 0 Å². The zero-order chi connectivity index (χ0) is 15.2. The monoisotopic (exact) mass is 290 g/mol. The number of nitrogens with one attached hydrogen (secondary N) is 1. The first kappa shape index (κ1) is 15.8. The van der Waals surface area contributed by atoms with Crippen LogP contribution in [-0.2, 0) is 0 Å². The van der Waals surface area contributed by atoms with E-state index in [1.54, 1.807) is 6.07 Å². The zero-order valence-electron chi connectivity index (χ0n) is 13.1. The van der Waals surface area contributed by atoms with Gasteiger partial charge in [-0.1, -0.05) is 13.3 Å². The van der Waals surface area contributed by atoms with Crippen molar-refractivity contribution in [2.24, 2.45) is 5.73 Å². The Morgan fingerprint density at radius 2 is 2.29 bits per heavy atom. The number of carbonyl (C=O) groups is 1. The molecule has 0 saturated carbocycles. The molecule has 0 bridgehead atoms. The third kappa shape index (κ3) is 4.43. The molecule has 1 aromatic rings. The lowest BCUT2D eigenvalue weighted by Crippen LogP contribution is -2.44. The van der Waals surface area contributed by atoms with E-state index in [0.29, 0.717) is 11.6 Å². The number of aryl methyl sites for hydroxylation is 1. The van der Waals surface area contributed by atoms with E-state index in [-0.39, 0.29) is 0 Å². The Labute approximate surface area is 126 Å². The topological polar surface area (TPSA) is 71.2 Å². The van der Waals surface area contributed by atoms with Crippen LogP contribution in [0, 0.1) is 6.92 Å². The van der Waals surface area contributed by atoms with Gasteiger partial charge in [-0.3, -0.25) is 4.79 Å². The van der Waals surface area contributed by atoms with Crippen LogP contribution in [0.5, 0.6) is 0 Å². The summed E-state index contributed by atoms with van der Waals surface area (Å²) < 4.78 is 0. The molecule has 1 fully saturated rings. The van der Waals surface area contributed by atoms with Crippen LogP contribution in [0.15, 0.2) is 12.1 Å². The first-order valence-corrected chi connectivity index (χ1v) is 7.87. The summed E-state index contributed by atoms with van der Waals surface area (Å²) in [6.45, 7) is 7.03. The highest BCUT2D eigenvalue weighted by molar-refractivity contribution is 5.93. The summed E-state index contributed by atoms with van der Waals surface area (Å²) in [5.41, 5.74) is 6.78. The number of hydrogen-bond donors (Lipinski definition) is 2. The van der Waals surface area contributed by atoms with Gasteiger partial charge in [0.05, 0.1) is 0 Å². The fraction of sp³-hybridized carbons (Fsp3) is 0.625. The predicted octanol–water partition coefficient (Wildman–Crippen LogP) is 1.85. The Bertz CT molecular complexity index is 483. The van der Waals surface area contributed by atoms with Crippen molar-refractivity contribution in [3.8, 4) is 0 Å². The molecule has 3 N–H and O–H groups in total. The van der Waals surface area contributed by atoms with E-state index in [2.05, 4.69) is 22.1 Å².